The van der Waals surface area contributed by atoms with Crippen molar-refractivity contribution < 1.29 is 23.9 Å². The first-order valence-electron chi connectivity index (χ1n) is 7.80. The molecule has 1 aromatic carbocycles. The number of benzene rings is 1. The molecule has 0 aliphatic rings. The maximum absolute atomic E-state index is 13.4. The number of nitrogens with one attached hydrogen (secondary N) is 2. The van der Waals surface area contributed by atoms with E-state index < -0.39 is 17.6 Å². The highest BCUT2D eigenvalue weighted by atomic mass is 19.1. The summed E-state index contributed by atoms with van der Waals surface area (Å²) in [5, 5.41) is 17.0. The molecule has 0 aliphatic carbocycles. The average Bonchev–Trinajstić information content (AvgIpc) is 2.64. The maximum atomic E-state index is 13.4. The largest absolute Gasteiger partial charge is 0.494 e. The Kier molecular flexibility index (Phi) is 6.36. The van der Waals surface area contributed by atoms with E-state index in [1.807, 2.05) is 0 Å². The van der Waals surface area contributed by atoms with Gasteiger partial charge in [-0.15, -0.1) is 0 Å². The Morgan fingerprint density at radius 3 is 2.59 bits per heavy atom. The Hall–Kier alpha value is -3.56. The molecular weight excluding hydrogens is 357 g/mol. The Morgan fingerprint density at radius 1 is 1.26 bits per heavy atom. The van der Waals surface area contributed by atoms with Crippen LogP contribution in [0.5, 0.6) is 5.75 Å². The quantitative estimate of drug-likeness (QED) is 0.311. The second-order valence-electron chi connectivity index (χ2n) is 5.47. The van der Waals surface area contributed by atoms with E-state index in [-0.39, 0.29) is 35.3 Å². The van der Waals surface area contributed by atoms with Crippen LogP contribution in [-0.4, -0.2) is 39.9 Å². The van der Waals surface area contributed by atoms with Crippen LogP contribution < -0.4 is 15.4 Å². The summed E-state index contributed by atoms with van der Waals surface area (Å²) < 4.78 is 18.3. The summed E-state index contributed by atoms with van der Waals surface area (Å²) in [5.41, 5.74) is 0.718. The molecule has 0 unspecified atom stereocenters. The highest BCUT2D eigenvalue weighted by Gasteiger charge is 2.15. The van der Waals surface area contributed by atoms with Gasteiger partial charge in [-0.2, -0.15) is 0 Å². The molecule has 1 heterocycles. The predicted octanol–water partition coefficient (Wildman–Crippen LogP) is 1.13. The summed E-state index contributed by atoms with van der Waals surface area (Å²) in [7, 11) is 1.35. The number of carbonyl (C=O) groups is 2. The Labute approximate surface area is 154 Å². The number of methoxy groups -OCH3 is 1. The number of rotatable bonds is 5. The number of oxime groups is 1. The van der Waals surface area contributed by atoms with Crippen LogP contribution in [0.15, 0.2) is 29.4 Å². The minimum atomic E-state index is -0.523. The van der Waals surface area contributed by atoms with Crippen LogP contribution in [0.25, 0.3) is 0 Å². The topological polar surface area (TPSA) is 126 Å². The molecule has 9 nitrogen and oxygen atoms in total. The van der Waals surface area contributed by atoms with Crippen molar-refractivity contribution in [2.75, 3.05) is 7.11 Å². The van der Waals surface area contributed by atoms with Gasteiger partial charge in [-0.3, -0.25) is 9.59 Å². The Bertz CT molecular complexity index is 901. The van der Waals surface area contributed by atoms with Gasteiger partial charge in [-0.05, 0) is 30.7 Å². The molecule has 27 heavy (non-hydrogen) atoms. The molecule has 0 saturated carbocycles. The molecule has 0 saturated heterocycles. The number of aryl methyl sites for hydroxylation is 1. The standard InChI is InChI=1S/C17H18FN5O4/c1-9-20-13(16(23-26)22-10(2)24)7-14(21-9)17(25)19-8-11-4-5-12(18)15(6-11)27-3/h4-7,26H,8H2,1-3H3,(H,19,25)(H,22,23,24). The first-order chi connectivity index (χ1) is 12.8. The smallest absolute Gasteiger partial charge is 0.270 e. The maximum Gasteiger partial charge on any atom is 0.270 e. The molecule has 2 amide bonds. The highest BCUT2D eigenvalue weighted by molar-refractivity contribution is 6.07. The number of aromatic nitrogens is 2. The molecule has 142 valence electrons. The van der Waals surface area contributed by atoms with Gasteiger partial charge < -0.3 is 20.6 Å². The van der Waals surface area contributed by atoms with Crippen LogP contribution in [0.1, 0.15) is 34.5 Å². The minimum Gasteiger partial charge on any atom is -0.494 e. The molecular formula is C17H18FN5O4. The number of nitrogens with zero attached hydrogens (tertiary/aromatic N) is 3. The van der Waals surface area contributed by atoms with Crippen molar-refractivity contribution in [3.05, 3.63) is 52.9 Å². The van der Waals surface area contributed by atoms with E-state index in [4.69, 9.17) is 9.94 Å². The minimum absolute atomic E-state index is 0.0121. The van der Waals surface area contributed by atoms with E-state index in [9.17, 15) is 14.0 Å². The lowest BCUT2D eigenvalue weighted by Crippen LogP contribution is -2.31. The molecule has 0 spiro atoms. The van der Waals surface area contributed by atoms with Gasteiger partial charge in [0.15, 0.2) is 17.4 Å². The predicted molar refractivity (Wildman–Crippen MR) is 93.0 cm³/mol. The number of ether oxygens (including phenoxy) is 1. The van der Waals surface area contributed by atoms with Gasteiger partial charge in [0, 0.05) is 13.5 Å². The molecule has 0 fully saturated rings. The summed E-state index contributed by atoms with van der Waals surface area (Å²) in [5.74, 6) is -1.38. The van der Waals surface area contributed by atoms with E-state index >= 15 is 0 Å². The summed E-state index contributed by atoms with van der Waals surface area (Å²) in [6.07, 6.45) is 0. The number of amides is 2. The number of amidine groups is 1. The third kappa shape index (κ3) is 5.21. The number of carbonyl (C=O) groups excluding carboxylic acids is 2. The molecule has 10 heteroatoms. The van der Waals surface area contributed by atoms with Crippen LogP contribution in [0.4, 0.5) is 4.39 Å². The second kappa shape index (κ2) is 8.70. The second-order valence-corrected chi connectivity index (χ2v) is 5.47. The lowest BCUT2D eigenvalue weighted by atomic mass is 10.2. The Balaban J connectivity index is 2.17. The van der Waals surface area contributed by atoms with Crippen molar-refractivity contribution in [3.63, 3.8) is 0 Å². The van der Waals surface area contributed by atoms with Gasteiger partial charge in [-0.25, -0.2) is 14.4 Å². The molecule has 2 rings (SSSR count). The highest BCUT2D eigenvalue weighted by Crippen LogP contribution is 2.18. The van der Waals surface area contributed by atoms with Crippen molar-refractivity contribution in [1.82, 2.24) is 20.6 Å². The third-order valence-electron chi connectivity index (χ3n) is 3.38. The van der Waals surface area contributed by atoms with Crippen LogP contribution in [0, 0.1) is 12.7 Å². The summed E-state index contributed by atoms with van der Waals surface area (Å²) in [4.78, 5) is 31.6. The van der Waals surface area contributed by atoms with Gasteiger partial charge in [0.05, 0.1) is 7.11 Å². The van der Waals surface area contributed by atoms with Crippen LogP contribution >= 0.6 is 0 Å². The fourth-order valence-electron chi connectivity index (χ4n) is 2.20. The molecule has 0 atom stereocenters. The van der Waals surface area contributed by atoms with Gasteiger partial charge in [0.2, 0.25) is 5.91 Å². The summed E-state index contributed by atoms with van der Waals surface area (Å²) >= 11 is 0. The van der Waals surface area contributed by atoms with Gasteiger partial charge >= 0.3 is 0 Å². The molecule has 0 bridgehead atoms. The average molecular weight is 375 g/mol. The van der Waals surface area contributed by atoms with Crippen molar-refractivity contribution >= 4 is 17.6 Å². The first kappa shape index (κ1) is 19.8. The molecule has 1 aromatic heterocycles. The molecule has 2 aromatic rings. The normalized spacial score (nSPS) is 11.0. The van der Waals surface area contributed by atoms with Crippen molar-refractivity contribution in [2.45, 2.75) is 20.4 Å². The lowest BCUT2D eigenvalue weighted by Gasteiger charge is -2.09. The SMILES string of the molecule is COc1cc(CNC(=O)c2cc(/C(=N\O)NC(C)=O)nc(C)n2)ccc1F. The van der Waals surface area contributed by atoms with Crippen LogP contribution in [-0.2, 0) is 11.3 Å². The molecule has 3 N–H and O–H groups in total. The van der Waals surface area contributed by atoms with E-state index in [0.717, 1.165) is 0 Å². The zero-order valence-corrected chi connectivity index (χ0v) is 14.9. The van der Waals surface area contributed by atoms with E-state index in [2.05, 4.69) is 25.8 Å². The number of halogens is 1. The van der Waals surface area contributed by atoms with Gasteiger partial charge in [0.25, 0.3) is 5.91 Å². The molecule has 0 radical (unpaired) electrons. The van der Waals surface area contributed by atoms with Crippen molar-refractivity contribution in [2.24, 2.45) is 5.16 Å². The Morgan fingerprint density at radius 2 is 1.96 bits per heavy atom. The van der Waals surface area contributed by atoms with Crippen LogP contribution in [0.2, 0.25) is 0 Å². The fraction of sp³-hybridized carbons (Fsp3) is 0.235. The zero-order chi connectivity index (χ0) is 20.0. The van der Waals surface area contributed by atoms with E-state index in [1.54, 1.807) is 6.92 Å². The third-order valence-corrected chi connectivity index (χ3v) is 3.38. The van der Waals surface area contributed by atoms with E-state index in [1.165, 1.54) is 38.3 Å². The van der Waals surface area contributed by atoms with Crippen LogP contribution in [0.3, 0.4) is 0 Å². The summed E-state index contributed by atoms with van der Waals surface area (Å²) in [6, 6.07) is 5.50. The number of hydrogen-bond donors (Lipinski definition) is 3. The lowest BCUT2D eigenvalue weighted by molar-refractivity contribution is -0.117. The van der Waals surface area contributed by atoms with Crippen molar-refractivity contribution in [1.29, 1.82) is 0 Å². The summed E-state index contributed by atoms with van der Waals surface area (Å²) in [6.45, 7) is 2.90. The van der Waals surface area contributed by atoms with E-state index in [0.29, 0.717) is 5.56 Å². The number of hydrogen-bond acceptors (Lipinski definition) is 7. The monoisotopic (exact) mass is 375 g/mol. The van der Waals surface area contributed by atoms with Crippen molar-refractivity contribution in [3.8, 4) is 5.75 Å². The fourth-order valence-corrected chi connectivity index (χ4v) is 2.20. The molecule has 0 aliphatic heterocycles. The van der Waals surface area contributed by atoms with Gasteiger partial charge in [-0.1, -0.05) is 11.2 Å². The first-order valence-corrected chi connectivity index (χ1v) is 7.80. The van der Waals surface area contributed by atoms with Gasteiger partial charge in [0.1, 0.15) is 17.2 Å². The zero-order valence-electron chi connectivity index (χ0n) is 14.9.